The third-order valence-corrected chi connectivity index (χ3v) is 8.81. The Morgan fingerprint density at radius 1 is 0.649 bits per heavy atom. The quantitative estimate of drug-likeness (QED) is 0.526. The smallest absolute Gasteiger partial charge is 0.242 e. The lowest BCUT2D eigenvalue weighted by Gasteiger charge is -2.45. The zero-order valence-corrected chi connectivity index (χ0v) is 20.6. The first-order chi connectivity index (χ1) is 18.1. The average Bonchev–Trinajstić information content (AvgIpc) is 3.19. The number of amides is 3. The summed E-state index contributed by atoms with van der Waals surface area (Å²) in [4.78, 5) is 46.2. The second kappa shape index (κ2) is 8.67. The fourth-order valence-electron chi connectivity index (χ4n) is 7.13. The first-order valence-electron chi connectivity index (χ1n) is 13.2. The van der Waals surface area contributed by atoms with Crippen molar-refractivity contribution < 1.29 is 14.4 Å². The van der Waals surface area contributed by atoms with Crippen LogP contribution in [0.5, 0.6) is 0 Å². The number of piperazine rings is 1. The van der Waals surface area contributed by atoms with Crippen LogP contribution < -0.4 is 0 Å². The van der Waals surface area contributed by atoms with Gasteiger partial charge in [-0.2, -0.15) is 0 Å². The molecule has 2 saturated heterocycles. The van der Waals surface area contributed by atoms with Crippen LogP contribution in [-0.2, 0) is 20.9 Å². The van der Waals surface area contributed by atoms with E-state index in [2.05, 4.69) is 41.3 Å². The highest BCUT2D eigenvalue weighted by Crippen LogP contribution is 2.60. The Morgan fingerprint density at radius 3 is 1.59 bits per heavy atom. The van der Waals surface area contributed by atoms with E-state index < -0.39 is 11.8 Å². The molecule has 0 unspecified atom stereocenters. The first-order valence-corrected chi connectivity index (χ1v) is 13.2. The summed E-state index contributed by atoms with van der Waals surface area (Å²) >= 11 is 0. The van der Waals surface area contributed by atoms with Gasteiger partial charge in [0.25, 0.3) is 0 Å². The van der Waals surface area contributed by atoms with Crippen molar-refractivity contribution in [2.45, 2.75) is 18.4 Å². The molecule has 0 aromatic heterocycles. The van der Waals surface area contributed by atoms with Crippen molar-refractivity contribution in [1.29, 1.82) is 0 Å². The number of benzene rings is 3. The van der Waals surface area contributed by atoms with Crippen molar-refractivity contribution in [3.05, 3.63) is 107 Å². The minimum atomic E-state index is -0.433. The lowest BCUT2D eigenvalue weighted by Crippen LogP contribution is -2.51. The lowest BCUT2D eigenvalue weighted by molar-refractivity contribution is -0.147. The molecule has 0 radical (unpaired) electrons. The van der Waals surface area contributed by atoms with E-state index in [4.69, 9.17) is 0 Å². The SMILES string of the molecule is O=C(CN1C(=O)[C@H]2C3c4ccccc4C(c4ccccc43)[C@@H]2C1=O)N1CCN(Cc2ccccc2)CC1. The number of hydrogen-bond donors (Lipinski definition) is 0. The van der Waals surface area contributed by atoms with E-state index in [1.807, 2.05) is 47.4 Å². The summed E-state index contributed by atoms with van der Waals surface area (Å²) in [7, 11) is 0. The topological polar surface area (TPSA) is 60.9 Å². The normalized spacial score (nSPS) is 26.2. The Kier molecular flexibility index (Phi) is 5.25. The molecule has 0 N–H and O–H groups in total. The molecule has 6 nitrogen and oxygen atoms in total. The number of nitrogens with zero attached hydrogens (tertiary/aromatic N) is 3. The molecule has 3 aromatic rings. The molecule has 3 aliphatic carbocycles. The van der Waals surface area contributed by atoms with Crippen molar-refractivity contribution in [3.63, 3.8) is 0 Å². The maximum absolute atomic E-state index is 13.8. The monoisotopic (exact) mass is 491 g/mol. The van der Waals surface area contributed by atoms with E-state index in [0.717, 1.165) is 41.9 Å². The molecule has 0 saturated carbocycles. The van der Waals surface area contributed by atoms with E-state index in [9.17, 15) is 14.4 Å². The molecular weight excluding hydrogens is 462 g/mol. The maximum Gasteiger partial charge on any atom is 0.242 e. The van der Waals surface area contributed by atoms with Crippen LogP contribution in [0.15, 0.2) is 78.9 Å². The van der Waals surface area contributed by atoms with Gasteiger partial charge in [-0.1, -0.05) is 78.9 Å². The van der Waals surface area contributed by atoms with Gasteiger partial charge in [0, 0.05) is 44.6 Å². The molecule has 0 spiro atoms. The number of carbonyl (C=O) groups excluding carboxylic acids is 3. The van der Waals surface area contributed by atoms with E-state index in [1.165, 1.54) is 10.5 Å². The van der Waals surface area contributed by atoms with Crippen LogP contribution in [0.4, 0.5) is 0 Å². The highest BCUT2D eigenvalue weighted by Gasteiger charge is 2.61. The molecule has 2 atom stereocenters. The predicted octanol–water partition coefficient (Wildman–Crippen LogP) is 3.22. The van der Waals surface area contributed by atoms with E-state index in [1.54, 1.807) is 0 Å². The summed E-state index contributed by atoms with van der Waals surface area (Å²) in [5, 5.41) is 0. The summed E-state index contributed by atoms with van der Waals surface area (Å²) in [6, 6.07) is 26.8. The van der Waals surface area contributed by atoms with Crippen molar-refractivity contribution in [3.8, 4) is 0 Å². The Morgan fingerprint density at radius 2 is 1.11 bits per heavy atom. The zero-order chi connectivity index (χ0) is 25.1. The number of hydrogen-bond acceptors (Lipinski definition) is 4. The molecule has 6 heteroatoms. The van der Waals surface area contributed by atoms with Gasteiger partial charge in [-0.15, -0.1) is 0 Å². The van der Waals surface area contributed by atoms with Crippen molar-refractivity contribution in [2.75, 3.05) is 32.7 Å². The van der Waals surface area contributed by atoms with Gasteiger partial charge in [0.1, 0.15) is 6.54 Å². The zero-order valence-electron chi connectivity index (χ0n) is 20.6. The largest absolute Gasteiger partial charge is 0.339 e. The predicted molar refractivity (Wildman–Crippen MR) is 139 cm³/mol. The van der Waals surface area contributed by atoms with Crippen molar-refractivity contribution in [1.82, 2.24) is 14.7 Å². The molecule has 8 rings (SSSR count). The fraction of sp³-hybridized carbons (Fsp3) is 0.323. The minimum Gasteiger partial charge on any atom is -0.339 e. The summed E-state index contributed by atoms with van der Waals surface area (Å²) < 4.78 is 0. The summed E-state index contributed by atoms with van der Waals surface area (Å²) in [6.07, 6.45) is 0. The molecule has 2 aliphatic heterocycles. The second-order valence-electron chi connectivity index (χ2n) is 10.7. The maximum atomic E-state index is 13.8. The molecular formula is C31H29N3O3. The van der Waals surface area contributed by atoms with Crippen molar-refractivity contribution >= 4 is 17.7 Å². The van der Waals surface area contributed by atoms with E-state index in [-0.39, 0.29) is 36.1 Å². The Hall–Kier alpha value is -3.77. The van der Waals surface area contributed by atoms with Crippen LogP contribution in [0.3, 0.4) is 0 Å². The molecule has 5 aliphatic rings. The molecule has 2 heterocycles. The third kappa shape index (κ3) is 3.46. The van der Waals surface area contributed by atoms with Gasteiger partial charge in [0.15, 0.2) is 0 Å². The molecule has 2 fully saturated rings. The van der Waals surface area contributed by atoms with Gasteiger partial charge < -0.3 is 4.90 Å². The number of rotatable bonds is 4. The summed E-state index contributed by atoms with van der Waals surface area (Å²) in [6.45, 7) is 3.48. The van der Waals surface area contributed by atoms with Gasteiger partial charge >= 0.3 is 0 Å². The Balaban J connectivity index is 1.09. The number of imide groups is 1. The minimum absolute atomic E-state index is 0.137. The number of likely N-dealkylation sites (tertiary alicyclic amines) is 1. The van der Waals surface area contributed by atoms with Crippen LogP contribution in [0.2, 0.25) is 0 Å². The Labute approximate surface area is 216 Å². The van der Waals surface area contributed by atoms with E-state index in [0.29, 0.717) is 13.1 Å². The second-order valence-corrected chi connectivity index (χ2v) is 10.7. The van der Waals surface area contributed by atoms with Gasteiger partial charge in [0.05, 0.1) is 11.8 Å². The first kappa shape index (κ1) is 22.4. The van der Waals surface area contributed by atoms with Gasteiger partial charge in [-0.3, -0.25) is 24.2 Å². The number of carbonyl (C=O) groups is 3. The molecule has 37 heavy (non-hydrogen) atoms. The highest BCUT2D eigenvalue weighted by molar-refractivity contribution is 6.09. The van der Waals surface area contributed by atoms with E-state index >= 15 is 0 Å². The van der Waals surface area contributed by atoms with Crippen LogP contribution in [0.1, 0.15) is 39.7 Å². The van der Waals surface area contributed by atoms with Crippen LogP contribution in [0.25, 0.3) is 0 Å². The molecule has 3 amide bonds. The molecule has 3 aromatic carbocycles. The molecule has 186 valence electrons. The fourth-order valence-corrected chi connectivity index (χ4v) is 7.13. The highest BCUT2D eigenvalue weighted by atomic mass is 16.2. The van der Waals surface area contributed by atoms with Gasteiger partial charge in [0.2, 0.25) is 17.7 Å². The average molecular weight is 492 g/mol. The standard InChI is InChI=1S/C31H29N3O3/c35-25(33-16-14-32(15-17-33)18-20-8-2-1-3-9-20)19-34-30(36)28-26-21-10-4-5-11-22(21)27(29(28)31(34)37)24-13-7-6-12-23(24)26/h1-13,26-29H,14-19H2/t26?,27?,28-,29-/m0/s1. The van der Waals surface area contributed by atoms with Crippen LogP contribution >= 0.6 is 0 Å². The van der Waals surface area contributed by atoms with Crippen LogP contribution in [-0.4, -0.2) is 65.1 Å². The Bertz CT molecular complexity index is 1280. The van der Waals surface area contributed by atoms with Gasteiger partial charge in [-0.25, -0.2) is 0 Å². The summed E-state index contributed by atoms with van der Waals surface area (Å²) in [5.41, 5.74) is 5.86. The molecule has 2 bridgehead atoms. The van der Waals surface area contributed by atoms with Crippen molar-refractivity contribution in [2.24, 2.45) is 11.8 Å². The lowest BCUT2D eigenvalue weighted by atomic mass is 9.55. The van der Waals surface area contributed by atoms with Gasteiger partial charge in [-0.05, 0) is 27.8 Å². The summed E-state index contributed by atoms with van der Waals surface area (Å²) in [5.74, 6) is -1.66. The third-order valence-electron chi connectivity index (χ3n) is 8.81. The van der Waals surface area contributed by atoms with Crippen LogP contribution in [0, 0.1) is 11.8 Å².